The van der Waals surface area contributed by atoms with Gasteiger partial charge in [0.2, 0.25) is 0 Å². The van der Waals surface area contributed by atoms with Crippen molar-refractivity contribution in [1.29, 1.82) is 0 Å². The van der Waals surface area contributed by atoms with E-state index in [1.807, 2.05) is 0 Å². The quantitative estimate of drug-likeness (QED) is 0.748. The van der Waals surface area contributed by atoms with Crippen molar-refractivity contribution in [3.05, 3.63) is 28.2 Å². The van der Waals surface area contributed by atoms with Gasteiger partial charge in [-0.2, -0.15) is 0 Å². The predicted molar refractivity (Wildman–Crippen MR) is 64.9 cm³/mol. The summed E-state index contributed by atoms with van der Waals surface area (Å²) in [6.45, 7) is 2.69. The molecular weight excluding hydrogens is 287 g/mol. The van der Waals surface area contributed by atoms with E-state index in [2.05, 4.69) is 22.9 Å². The summed E-state index contributed by atoms with van der Waals surface area (Å²) >= 11 is 15.2. The Morgan fingerprint density at radius 1 is 1.36 bits per heavy atom. The van der Waals surface area contributed by atoms with Crippen LogP contribution in [0.5, 0.6) is 5.75 Å². The smallest absolute Gasteiger partial charge is 0.156 e. The molecule has 1 unspecified atom stereocenters. The summed E-state index contributed by atoms with van der Waals surface area (Å²) in [4.78, 5) is 0. The van der Waals surface area contributed by atoms with E-state index in [0.29, 0.717) is 28.3 Å². The summed E-state index contributed by atoms with van der Waals surface area (Å²) in [5, 5.41) is 2.01. The van der Waals surface area contributed by atoms with Gasteiger partial charge in [-0.05, 0) is 18.1 Å². The molecular formula is C10H11BrCl2O. The van der Waals surface area contributed by atoms with Crippen molar-refractivity contribution < 1.29 is 4.74 Å². The lowest BCUT2D eigenvalue weighted by Gasteiger charge is -2.12. The molecule has 14 heavy (non-hydrogen) atoms. The minimum atomic E-state index is 0.433. The molecule has 1 atom stereocenters. The molecule has 1 aromatic carbocycles. The lowest BCUT2D eigenvalue weighted by molar-refractivity contribution is 0.274. The van der Waals surface area contributed by atoms with Gasteiger partial charge < -0.3 is 4.74 Å². The summed E-state index contributed by atoms with van der Waals surface area (Å²) < 4.78 is 5.53. The molecule has 0 radical (unpaired) electrons. The van der Waals surface area contributed by atoms with Crippen LogP contribution < -0.4 is 4.74 Å². The Morgan fingerprint density at radius 3 is 2.43 bits per heavy atom. The van der Waals surface area contributed by atoms with Crippen molar-refractivity contribution in [2.45, 2.75) is 6.92 Å². The van der Waals surface area contributed by atoms with E-state index < -0.39 is 0 Å². The highest BCUT2D eigenvalue weighted by Gasteiger charge is 2.08. The fraction of sp³-hybridized carbons (Fsp3) is 0.400. The fourth-order valence-electron chi connectivity index (χ4n) is 0.891. The highest BCUT2D eigenvalue weighted by atomic mass is 79.9. The van der Waals surface area contributed by atoms with Crippen LogP contribution in [0.1, 0.15) is 6.92 Å². The van der Waals surface area contributed by atoms with Crippen molar-refractivity contribution in [2.75, 3.05) is 11.9 Å². The SMILES string of the molecule is CC(CBr)COc1c(Cl)cccc1Cl. The third-order valence-corrected chi connectivity index (χ3v) is 3.40. The zero-order valence-corrected chi connectivity index (χ0v) is 10.9. The van der Waals surface area contributed by atoms with Crippen molar-refractivity contribution in [3.8, 4) is 5.75 Å². The van der Waals surface area contributed by atoms with Crippen molar-refractivity contribution in [3.63, 3.8) is 0 Å². The number of rotatable bonds is 4. The van der Waals surface area contributed by atoms with Crippen LogP contribution in [0.2, 0.25) is 10.0 Å². The summed E-state index contributed by atoms with van der Waals surface area (Å²) in [7, 11) is 0. The Balaban J connectivity index is 2.66. The molecule has 1 aromatic rings. The normalized spacial score (nSPS) is 12.6. The molecule has 0 aliphatic rings. The van der Waals surface area contributed by atoms with E-state index in [9.17, 15) is 0 Å². The van der Waals surface area contributed by atoms with Gasteiger partial charge in [0.15, 0.2) is 5.75 Å². The third-order valence-electron chi connectivity index (χ3n) is 1.69. The minimum absolute atomic E-state index is 0.433. The number of hydrogen-bond acceptors (Lipinski definition) is 1. The van der Waals surface area contributed by atoms with E-state index in [1.165, 1.54) is 0 Å². The highest BCUT2D eigenvalue weighted by molar-refractivity contribution is 9.09. The molecule has 0 bridgehead atoms. The largest absolute Gasteiger partial charge is 0.490 e. The standard InChI is InChI=1S/C10H11BrCl2O/c1-7(5-11)6-14-10-8(12)3-2-4-9(10)13/h2-4,7H,5-6H2,1H3. The molecule has 0 aliphatic heterocycles. The fourth-order valence-corrected chi connectivity index (χ4v) is 1.58. The van der Waals surface area contributed by atoms with Gasteiger partial charge in [0.05, 0.1) is 16.7 Å². The lowest BCUT2D eigenvalue weighted by atomic mass is 10.2. The molecule has 0 aromatic heterocycles. The van der Waals surface area contributed by atoms with Gasteiger partial charge in [-0.1, -0.05) is 52.1 Å². The number of hydrogen-bond donors (Lipinski definition) is 0. The first-order chi connectivity index (χ1) is 6.65. The Morgan fingerprint density at radius 2 is 1.93 bits per heavy atom. The summed E-state index contributed by atoms with van der Waals surface area (Å²) in [6.07, 6.45) is 0. The van der Waals surface area contributed by atoms with E-state index in [0.717, 1.165) is 5.33 Å². The zero-order chi connectivity index (χ0) is 10.6. The number of halogens is 3. The number of para-hydroxylation sites is 1. The summed E-state index contributed by atoms with van der Waals surface area (Å²) in [6, 6.07) is 5.33. The van der Waals surface area contributed by atoms with Gasteiger partial charge in [0.25, 0.3) is 0 Å². The number of benzene rings is 1. The van der Waals surface area contributed by atoms with E-state index in [1.54, 1.807) is 18.2 Å². The van der Waals surface area contributed by atoms with E-state index >= 15 is 0 Å². The van der Waals surface area contributed by atoms with Gasteiger partial charge in [0, 0.05) is 5.33 Å². The molecule has 0 saturated heterocycles. The van der Waals surface area contributed by atoms with Gasteiger partial charge in [-0.3, -0.25) is 0 Å². The second-order valence-corrected chi connectivity index (χ2v) is 4.58. The second-order valence-electron chi connectivity index (χ2n) is 3.12. The lowest BCUT2D eigenvalue weighted by Crippen LogP contribution is -2.09. The van der Waals surface area contributed by atoms with Crippen LogP contribution in [0, 0.1) is 5.92 Å². The van der Waals surface area contributed by atoms with Crippen LogP contribution >= 0.6 is 39.1 Å². The Hall–Kier alpha value is 0.0800. The van der Waals surface area contributed by atoms with Crippen molar-refractivity contribution in [2.24, 2.45) is 5.92 Å². The third kappa shape index (κ3) is 3.34. The number of ether oxygens (including phenoxy) is 1. The number of alkyl halides is 1. The zero-order valence-electron chi connectivity index (χ0n) is 7.77. The Kier molecular flexibility index (Phi) is 5.07. The van der Waals surface area contributed by atoms with Gasteiger partial charge >= 0.3 is 0 Å². The maximum atomic E-state index is 5.94. The van der Waals surface area contributed by atoms with Crippen molar-refractivity contribution in [1.82, 2.24) is 0 Å². The molecule has 0 spiro atoms. The summed E-state index contributed by atoms with van der Waals surface area (Å²) in [5.41, 5.74) is 0. The van der Waals surface area contributed by atoms with Crippen LogP contribution in [0.4, 0.5) is 0 Å². The molecule has 1 nitrogen and oxygen atoms in total. The maximum absolute atomic E-state index is 5.94. The first-order valence-electron chi connectivity index (χ1n) is 4.28. The van der Waals surface area contributed by atoms with E-state index in [-0.39, 0.29) is 0 Å². The molecule has 0 heterocycles. The first kappa shape index (κ1) is 12.2. The molecule has 0 amide bonds. The first-order valence-corrected chi connectivity index (χ1v) is 6.15. The molecule has 0 saturated carbocycles. The van der Waals surface area contributed by atoms with Crippen molar-refractivity contribution >= 4 is 39.1 Å². The van der Waals surface area contributed by atoms with E-state index in [4.69, 9.17) is 27.9 Å². The summed E-state index contributed by atoms with van der Waals surface area (Å²) in [5.74, 6) is 1.01. The average molecular weight is 298 g/mol. The van der Waals surface area contributed by atoms with Crippen LogP contribution in [0.3, 0.4) is 0 Å². The molecule has 0 fully saturated rings. The van der Waals surface area contributed by atoms with Gasteiger partial charge in [0.1, 0.15) is 0 Å². The Labute approximate surface area is 102 Å². The molecule has 0 aliphatic carbocycles. The topological polar surface area (TPSA) is 9.23 Å². The monoisotopic (exact) mass is 296 g/mol. The Bertz CT molecular complexity index is 284. The average Bonchev–Trinajstić information content (AvgIpc) is 2.16. The van der Waals surface area contributed by atoms with Crippen LogP contribution in [-0.2, 0) is 0 Å². The second kappa shape index (κ2) is 5.84. The molecule has 78 valence electrons. The minimum Gasteiger partial charge on any atom is -0.490 e. The van der Waals surface area contributed by atoms with Crippen LogP contribution in [0.25, 0.3) is 0 Å². The highest BCUT2D eigenvalue weighted by Crippen LogP contribution is 2.32. The van der Waals surface area contributed by atoms with Crippen LogP contribution in [0.15, 0.2) is 18.2 Å². The van der Waals surface area contributed by atoms with Crippen LogP contribution in [-0.4, -0.2) is 11.9 Å². The van der Waals surface area contributed by atoms with Gasteiger partial charge in [-0.15, -0.1) is 0 Å². The predicted octanol–water partition coefficient (Wildman–Crippen LogP) is 4.40. The maximum Gasteiger partial charge on any atom is 0.156 e. The molecule has 0 N–H and O–H groups in total. The molecule has 1 rings (SSSR count). The molecule has 4 heteroatoms. The van der Waals surface area contributed by atoms with Gasteiger partial charge in [-0.25, -0.2) is 0 Å².